The Morgan fingerprint density at radius 1 is 1.30 bits per heavy atom. The van der Waals surface area contributed by atoms with Crippen molar-refractivity contribution >= 4 is 0 Å². The van der Waals surface area contributed by atoms with Crippen LogP contribution < -0.4 is 0 Å². The normalized spacial score (nSPS) is 24.3. The van der Waals surface area contributed by atoms with E-state index in [0.717, 1.165) is 5.92 Å². The Morgan fingerprint density at radius 3 is 2.30 bits per heavy atom. The molecule has 1 radical (unpaired) electrons. The predicted molar refractivity (Wildman–Crippen MR) is 41.2 cm³/mol. The van der Waals surface area contributed by atoms with Gasteiger partial charge in [-0.2, -0.15) is 0 Å². The van der Waals surface area contributed by atoms with Gasteiger partial charge in [-0.1, -0.05) is 26.7 Å². The maximum Gasteiger partial charge on any atom is 0.0850 e. The summed E-state index contributed by atoms with van der Waals surface area (Å²) in [7, 11) is 0. The van der Waals surface area contributed by atoms with E-state index in [0.29, 0.717) is 11.8 Å². The van der Waals surface area contributed by atoms with Gasteiger partial charge in [0.25, 0.3) is 0 Å². The third-order valence-corrected chi connectivity index (χ3v) is 2.64. The van der Waals surface area contributed by atoms with Crippen molar-refractivity contribution in [2.75, 3.05) is 6.61 Å². The van der Waals surface area contributed by atoms with E-state index in [1.807, 2.05) is 0 Å². The highest BCUT2D eigenvalue weighted by molar-refractivity contribution is 4.76. The molecule has 0 N–H and O–H groups in total. The lowest BCUT2D eigenvalue weighted by molar-refractivity contribution is 0.120. The Labute approximate surface area is 63.4 Å². The van der Waals surface area contributed by atoms with Crippen LogP contribution in [0.1, 0.15) is 33.1 Å². The number of hydrogen-bond acceptors (Lipinski definition) is 0. The van der Waals surface area contributed by atoms with Crippen molar-refractivity contribution in [2.24, 2.45) is 17.8 Å². The smallest absolute Gasteiger partial charge is 0.0850 e. The first kappa shape index (κ1) is 8.06. The Morgan fingerprint density at radius 2 is 1.90 bits per heavy atom. The molecule has 1 aliphatic rings. The SMILES string of the molecule is CC(C[O])C(C)CC1CC1. The summed E-state index contributed by atoms with van der Waals surface area (Å²) >= 11 is 0. The topological polar surface area (TPSA) is 19.9 Å². The Kier molecular flexibility index (Phi) is 2.72. The van der Waals surface area contributed by atoms with E-state index >= 15 is 0 Å². The van der Waals surface area contributed by atoms with E-state index in [1.165, 1.54) is 19.3 Å². The van der Waals surface area contributed by atoms with Crippen molar-refractivity contribution in [3.8, 4) is 0 Å². The van der Waals surface area contributed by atoms with Crippen LogP contribution in [0.2, 0.25) is 0 Å². The fourth-order valence-corrected chi connectivity index (χ4v) is 1.28. The van der Waals surface area contributed by atoms with Gasteiger partial charge in [-0.25, -0.2) is 5.11 Å². The molecule has 10 heavy (non-hydrogen) atoms. The van der Waals surface area contributed by atoms with Gasteiger partial charge in [-0.3, -0.25) is 0 Å². The highest BCUT2D eigenvalue weighted by Crippen LogP contribution is 2.36. The molecule has 1 fully saturated rings. The molecule has 0 amide bonds. The molecule has 0 aromatic rings. The van der Waals surface area contributed by atoms with Crippen LogP contribution in [0.15, 0.2) is 0 Å². The molecule has 0 aromatic carbocycles. The summed E-state index contributed by atoms with van der Waals surface area (Å²) in [5.41, 5.74) is 0. The van der Waals surface area contributed by atoms with Crippen molar-refractivity contribution in [1.29, 1.82) is 0 Å². The van der Waals surface area contributed by atoms with Crippen LogP contribution in [0.3, 0.4) is 0 Å². The van der Waals surface area contributed by atoms with Gasteiger partial charge in [0.05, 0.1) is 6.61 Å². The summed E-state index contributed by atoms with van der Waals surface area (Å²) in [6.07, 6.45) is 4.12. The maximum atomic E-state index is 10.5. The summed E-state index contributed by atoms with van der Waals surface area (Å²) in [4.78, 5) is 0. The highest BCUT2D eigenvalue weighted by atomic mass is 16.3. The van der Waals surface area contributed by atoms with Crippen LogP contribution in [-0.4, -0.2) is 6.61 Å². The van der Waals surface area contributed by atoms with Gasteiger partial charge >= 0.3 is 0 Å². The van der Waals surface area contributed by atoms with Gasteiger partial charge in [0, 0.05) is 0 Å². The van der Waals surface area contributed by atoms with Crippen LogP contribution in [0.4, 0.5) is 0 Å². The average Bonchev–Trinajstić information content (AvgIpc) is 2.70. The largest absolute Gasteiger partial charge is 0.236 e. The van der Waals surface area contributed by atoms with Gasteiger partial charge in [0.2, 0.25) is 0 Å². The molecule has 0 spiro atoms. The van der Waals surface area contributed by atoms with Crippen molar-refractivity contribution in [3.05, 3.63) is 0 Å². The average molecular weight is 141 g/mol. The second-order valence-corrected chi connectivity index (χ2v) is 3.80. The lowest BCUT2D eigenvalue weighted by Gasteiger charge is -2.15. The first-order valence-electron chi connectivity index (χ1n) is 4.32. The summed E-state index contributed by atoms with van der Waals surface area (Å²) in [5.74, 6) is 2.02. The van der Waals surface area contributed by atoms with Crippen LogP contribution >= 0.6 is 0 Å². The quantitative estimate of drug-likeness (QED) is 0.573. The monoisotopic (exact) mass is 141 g/mol. The molecule has 1 rings (SSSR count). The third-order valence-electron chi connectivity index (χ3n) is 2.64. The van der Waals surface area contributed by atoms with Gasteiger partial charge in [0.15, 0.2) is 0 Å². The second-order valence-electron chi connectivity index (χ2n) is 3.80. The van der Waals surface area contributed by atoms with E-state index in [-0.39, 0.29) is 6.61 Å². The minimum absolute atomic E-state index is 0.105. The molecule has 0 aliphatic heterocycles. The Bertz CT molecular complexity index is 96.9. The minimum Gasteiger partial charge on any atom is -0.236 e. The molecule has 59 valence electrons. The molecule has 1 heteroatoms. The van der Waals surface area contributed by atoms with Crippen LogP contribution in [0.25, 0.3) is 0 Å². The third kappa shape index (κ3) is 2.30. The Balaban J connectivity index is 2.11. The molecule has 0 saturated heterocycles. The van der Waals surface area contributed by atoms with E-state index in [9.17, 15) is 5.11 Å². The minimum atomic E-state index is 0.105. The van der Waals surface area contributed by atoms with Crippen LogP contribution in [-0.2, 0) is 5.11 Å². The van der Waals surface area contributed by atoms with Crippen LogP contribution in [0.5, 0.6) is 0 Å². The summed E-state index contributed by atoms with van der Waals surface area (Å²) in [6.45, 7) is 4.38. The predicted octanol–water partition coefficient (Wildman–Crippen LogP) is 2.49. The van der Waals surface area contributed by atoms with Gasteiger partial charge in [-0.05, 0) is 24.2 Å². The highest BCUT2D eigenvalue weighted by Gasteiger charge is 2.25. The van der Waals surface area contributed by atoms with E-state index < -0.39 is 0 Å². The first-order chi connectivity index (χ1) is 4.74. The molecule has 2 unspecified atom stereocenters. The maximum absolute atomic E-state index is 10.5. The lowest BCUT2D eigenvalue weighted by atomic mass is 9.92. The van der Waals surface area contributed by atoms with Gasteiger partial charge in [-0.15, -0.1) is 0 Å². The molecular weight excluding hydrogens is 124 g/mol. The lowest BCUT2D eigenvalue weighted by Crippen LogP contribution is -2.11. The zero-order chi connectivity index (χ0) is 7.56. The fourth-order valence-electron chi connectivity index (χ4n) is 1.28. The second kappa shape index (κ2) is 3.38. The fraction of sp³-hybridized carbons (Fsp3) is 1.00. The molecule has 1 aliphatic carbocycles. The molecule has 1 nitrogen and oxygen atoms in total. The van der Waals surface area contributed by atoms with E-state index in [1.54, 1.807) is 0 Å². The number of rotatable bonds is 4. The molecule has 0 aromatic heterocycles. The molecule has 0 heterocycles. The van der Waals surface area contributed by atoms with Crippen molar-refractivity contribution in [2.45, 2.75) is 33.1 Å². The first-order valence-corrected chi connectivity index (χ1v) is 4.32. The summed E-state index contributed by atoms with van der Waals surface area (Å²) in [6, 6.07) is 0. The van der Waals surface area contributed by atoms with E-state index in [2.05, 4.69) is 13.8 Å². The van der Waals surface area contributed by atoms with Crippen molar-refractivity contribution in [1.82, 2.24) is 0 Å². The van der Waals surface area contributed by atoms with Gasteiger partial charge in [0.1, 0.15) is 0 Å². The summed E-state index contributed by atoms with van der Waals surface area (Å²) < 4.78 is 0. The molecule has 0 bridgehead atoms. The standard InChI is InChI=1S/C9H17O/c1-7(8(2)6-10)5-9-3-4-9/h7-9H,3-6H2,1-2H3. The number of hydrogen-bond donors (Lipinski definition) is 0. The van der Waals surface area contributed by atoms with Crippen molar-refractivity contribution < 1.29 is 5.11 Å². The summed E-state index contributed by atoms with van der Waals surface area (Å²) in [5, 5.41) is 10.5. The molecule has 2 atom stereocenters. The zero-order valence-corrected chi connectivity index (χ0v) is 6.97. The van der Waals surface area contributed by atoms with Crippen molar-refractivity contribution in [3.63, 3.8) is 0 Å². The molecule has 1 saturated carbocycles. The van der Waals surface area contributed by atoms with Crippen LogP contribution in [0, 0.1) is 17.8 Å². The Hall–Kier alpha value is -0.0400. The van der Waals surface area contributed by atoms with E-state index in [4.69, 9.17) is 0 Å². The zero-order valence-electron chi connectivity index (χ0n) is 6.97. The van der Waals surface area contributed by atoms with Gasteiger partial charge < -0.3 is 0 Å². The molecular formula is C9H17O.